The number of benzene rings is 14. The van der Waals surface area contributed by atoms with Crippen LogP contribution in [0.1, 0.15) is 388 Å². The van der Waals surface area contributed by atoms with Gasteiger partial charge in [0.15, 0.2) is 0 Å². The van der Waals surface area contributed by atoms with Gasteiger partial charge in [-0.3, -0.25) is 0 Å². The molecule has 5 heterocycles. The number of hydrogen-bond acceptors (Lipinski definition) is 3. The van der Waals surface area contributed by atoms with E-state index in [1.807, 2.05) is 0 Å². The van der Waals surface area contributed by atoms with E-state index in [0.29, 0.717) is 71.0 Å². The van der Waals surface area contributed by atoms with Gasteiger partial charge in [0.25, 0.3) is 0 Å². The van der Waals surface area contributed by atoms with Crippen molar-refractivity contribution in [2.24, 2.45) is 0 Å². The lowest BCUT2D eigenvalue weighted by Crippen LogP contribution is -2.76. The van der Waals surface area contributed by atoms with Crippen molar-refractivity contribution in [2.45, 2.75) is 302 Å². The molecule has 139 heavy (non-hydrogen) atoms. The van der Waals surface area contributed by atoms with Gasteiger partial charge in [0.2, 0.25) is 26.9 Å². The van der Waals surface area contributed by atoms with Gasteiger partial charge >= 0.3 is 0 Å². The smallest absolute Gasteiger partial charge is 0.240 e. The molecule has 714 valence electrons. The molecule has 14 aromatic carbocycles. The second-order valence-electron chi connectivity index (χ2n) is 46.0. The fourth-order valence-corrected chi connectivity index (χ4v) is 25.1. The third-order valence-corrected chi connectivity index (χ3v) is 32.8. The van der Waals surface area contributed by atoms with E-state index in [4.69, 9.17) is 0 Å². The van der Waals surface area contributed by atoms with Crippen molar-refractivity contribution in [1.82, 2.24) is 0 Å². The first-order chi connectivity index (χ1) is 65.5. The predicted octanol–water partition coefficient (Wildman–Crippen LogP) is 30.2. The van der Waals surface area contributed by atoms with Crippen LogP contribution in [-0.2, 0) is 16.2 Å². The minimum absolute atomic E-state index is 0. The van der Waals surface area contributed by atoms with E-state index in [0.717, 1.165) is 8.95 Å². The highest BCUT2D eigenvalue weighted by Gasteiger charge is 2.49. The lowest BCUT2D eigenvalue weighted by atomic mass is 9.20. The van der Waals surface area contributed by atoms with Crippen LogP contribution in [0.15, 0.2) is 276 Å². The molecule has 9 heteroatoms. The average Bonchev–Trinajstić information content (AvgIpc) is 0.706. The maximum atomic E-state index is 3.94. The average molecular weight is 1960 g/mol. The van der Waals surface area contributed by atoms with E-state index in [1.54, 1.807) is 0 Å². The molecule has 0 fully saturated rings. The molecule has 0 saturated carbocycles. The number of para-hydroxylation sites is 6. The molecule has 5 aliphatic heterocycles. The molecule has 3 nitrogen and oxygen atoms in total. The van der Waals surface area contributed by atoms with Crippen LogP contribution in [0.3, 0.4) is 0 Å². The van der Waals surface area contributed by atoms with Gasteiger partial charge < -0.3 is 15.1 Å². The zero-order chi connectivity index (χ0) is 98.8. The molecular formula is C130H153B4Br2N3. The molecular weight excluding hydrogens is 1810 g/mol. The number of anilines is 8. The predicted molar refractivity (Wildman–Crippen MR) is 625 cm³/mol. The maximum absolute atomic E-state index is 3.94. The summed E-state index contributed by atoms with van der Waals surface area (Å²) in [6, 6.07) is 104. The van der Waals surface area contributed by atoms with Crippen molar-refractivity contribution < 1.29 is 1.43 Å². The molecule has 0 bridgehead atoms. The van der Waals surface area contributed by atoms with Crippen LogP contribution in [0.2, 0.25) is 0 Å². The van der Waals surface area contributed by atoms with Gasteiger partial charge in [0, 0.05) is 49.4 Å². The van der Waals surface area contributed by atoms with Crippen molar-refractivity contribution in [3.8, 4) is 0 Å². The van der Waals surface area contributed by atoms with Crippen LogP contribution in [0, 0.1) is 0 Å². The van der Waals surface area contributed by atoms with E-state index in [2.05, 4.69) is 522 Å². The monoisotopic (exact) mass is 1960 g/mol. The van der Waals surface area contributed by atoms with Crippen molar-refractivity contribution >= 4 is 170 Å². The molecule has 14 aromatic rings. The third kappa shape index (κ3) is 18.3. The number of nitrogens with zero attached hydrogens (tertiary/aromatic N) is 2. The topological polar surface area (TPSA) is 18.5 Å². The quantitative estimate of drug-likeness (QED) is 0.0864. The van der Waals surface area contributed by atoms with Crippen LogP contribution in [0.4, 0.5) is 45.5 Å². The van der Waals surface area contributed by atoms with Gasteiger partial charge in [-0.1, -0.05) is 507 Å². The highest BCUT2D eigenvalue weighted by molar-refractivity contribution is 9.10. The SMILES string of the molecule is C.CC(C)c1cc(C(C)C)c(B2c3ccc(Br)cc3B(c3c(C(C)C)cc(C(C)C)cc3C(C)C)c3cc(Br)ccc32)c(C(C)C)c1.CC(C)c1cc(C(C)C)c(B2c3ccc(N4c5ccccc5C(C)(C)c5ccccc54)cc3B(c3c(C(C)C)cc(C(C)C)cc3C(C)C)c3cc(N4c5ccccc5C(C)(C)c5ccccc54)ccc32)c(C(C)C)c1.CC1(C)c2ccccc2Nc2ccccc21.[HH]. The summed E-state index contributed by atoms with van der Waals surface area (Å²) in [6.45, 7) is 71.6. The first-order valence-corrected chi connectivity index (χ1v) is 53.6. The van der Waals surface area contributed by atoms with Crippen LogP contribution >= 0.6 is 31.9 Å². The standard InChI is InChI=1S/C72H80B2N2.C42H52B2Br2.C15H15N.CH4.H2/c1-43(2)49-37-53(45(5)6)69(54(38-49)46(7)8)73-61-35-33-51(75-65-29-21-17-25-57(65)71(13,14)58-26-18-22-30-66(58)75)41-63(61)74(70-55(47(9)10)39-50(44(3)4)40-56(70)48(11)12)64-42-52(34-36-62(64)73)76-67-31-23-19-27-59(67)72(15,16)60-28-20-24-32-68(60)76;1-23(2)29-17-33(25(5)6)41(34(18-29)26(7)8)43-37-15-13-31(45)21-39(37)44(40-22-32(46)14-16-38(40)43)42-35(27(9)10)19-30(24(3)4)20-36(42)28(11)12;1-15(2)11-7-3-5-9-13(11)16-14-10-6-4-8-12(14)15;;/h17-48H,1-16H3;13-28H,1-12H3;3-10,16H,1-2H3;1H4;1H. The van der Waals surface area contributed by atoms with Gasteiger partial charge in [0.1, 0.15) is 0 Å². The molecule has 0 aromatic heterocycles. The highest BCUT2D eigenvalue weighted by Crippen LogP contribution is 2.54. The van der Waals surface area contributed by atoms with Crippen molar-refractivity contribution in [3.05, 3.63) is 376 Å². The Kier molecular flexibility index (Phi) is 29.2. The molecule has 19 rings (SSSR count). The molecule has 0 radical (unpaired) electrons. The summed E-state index contributed by atoms with van der Waals surface area (Å²) in [7, 11) is 0. The summed E-state index contributed by atoms with van der Waals surface area (Å²) in [5, 5.41) is 3.50. The Bertz CT molecular complexity index is 6500. The van der Waals surface area contributed by atoms with Crippen LogP contribution in [0.5, 0.6) is 0 Å². The van der Waals surface area contributed by atoms with Crippen molar-refractivity contribution in [3.63, 3.8) is 0 Å². The second-order valence-corrected chi connectivity index (χ2v) is 47.9. The summed E-state index contributed by atoms with van der Waals surface area (Å²) in [5.74, 6) is 4.73. The lowest BCUT2D eigenvalue weighted by Gasteiger charge is -2.43. The van der Waals surface area contributed by atoms with Crippen molar-refractivity contribution in [2.75, 3.05) is 15.1 Å². The first-order valence-electron chi connectivity index (χ1n) is 52.0. The summed E-state index contributed by atoms with van der Waals surface area (Å²) >= 11 is 7.88. The minimum Gasteiger partial charge on any atom is -0.355 e. The van der Waals surface area contributed by atoms with Crippen LogP contribution in [0.25, 0.3) is 0 Å². The number of nitrogens with one attached hydrogen (secondary N) is 1. The largest absolute Gasteiger partial charge is 0.355 e. The minimum atomic E-state index is -0.166. The summed E-state index contributed by atoms with van der Waals surface area (Å²) in [5.41, 5.74) is 52.8. The number of hydrogen-bond donors (Lipinski definition) is 1. The van der Waals surface area contributed by atoms with Crippen LogP contribution in [-0.4, -0.2) is 26.9 Å². The number of fused-ring (bicyclic) bond motifs is 10. The van der Waals surface area contributed by atoms with E-state index in [9.17, 15) is 0 Å². The third-order valence-electron chi connectivity index (χ3n) is 31.8. The van der Waals surface area contributed by atoms with E-state index in [1.165, 1.54) is 211 Å². The van der Waals surface area contributed by atoms with Crippen molar-refractivity contribution in [1.29, 1.82) is 0 Å². The Balaban J connectivity index is 0.000000195. The molecule has 0 atom stereocenters. The zero-order valence-electron chi connectivity index (χ0n) is 88.3. The number of halogens is 2. The Morgan fingerprint density at radius 1 is 0.223 bits per heavy atom. The Morgan fingerprint density at radius 3 is 0.647 bits per heavy atom. The Labute approximate surface area is 858 Å². The van der Waals surface area contributed by atoms with Gasteiger partial charge in [-0.2, -0.15) is 0 Å². The highest BCUT2D eigenvalue weighted by atomic mass is 79.9. The van der Waals surface area contributed by atoms with Gasteiger partial charge in [-0.15, -0.1) is 0 Å². The molecule has 0 aliphatic carbocycles. The van der Waals surface area contributed by atoms with E-state index < -0.39 is 0 Å². The molecule has 0 amide bonds. The van der Waals surface area contributed by atoms with E-state index >= 15 is 0 Å². The van der Waals surface area contributed by atoms with Gasteiger partial charge in [0.05, 0.1) is 22.7 Å². The second kappa shape index (κ2) is 39.9. The molecule has 1 N–H and O–H groups in total. The zero-order valence-corrected chi connectivity index (χ0v) is 91.5. The summed E-state index contributed by atoms with van der Waals surface area (Å²) in [4.78, 5) is 5.17. The fraction of sp³-hybridized carbons (Fsp3) is 0.354. The molecule has 0 unspecified atom stereocenters. The molecule has 0 spiro atoms. The normalized spacial score (nSPS) is 14.5. The maximum Gasteiger partial charge on any atom is 0.240 e. The summed E-state index contributed by atoms with van der Waals surface area (Å²) < 4.78 is 2.29. The molecule has 5 aliphatic rings. The molecule has 0 saturated heterocycles. The van der Waals surface area contributed by atoms with Gasteiger partial charge in [-0.05, 0) is 244 Å². The summed E-state index contributed by atoms with van der Waals surface area (Å²) in [6.07, 6.45) is 0. The first kappa shape index (κ1) is 102. The van der Waals surface area contributed by atoms with E-state index in [-0.39, 0.29) is 51.9 Å². The lowest BCUT2D eigenvalue weighted by molar-refractivity contribution is 0.632. The Hall–Kier alpha value is -10.3. The van der Waals surface area contributed by atoms with Gasteiger partial charge in [-0.25, -0.2) is 0 Å². The Morgan fingerprint density at radius 2 is 0.417 bits per heavy atom. The fourth-order valence-electron chi connectivity index (χ4n) is 24.3. The number of rotatable bonds is 18. The van der Waals surface area contributed by atoms with Crippen LogP contribution < -0.4 is 80.7 Å².